The lowest BCUT2D eigenvalue weighted by molar-refractivity contribution is -0.143. The first-order valence-electron chi connectivity index (χ1n) is 34.3. The van der Waals surface area contributed by atoms with Crippen LogP contribution in [0.3, 0.4) is 0 Å². The zero-order valence-corrected chi connectivity index (χ0v) is 51.3. The molecule has 0 saturated carbocycles. The topological polar surface area (TPSA) is 95.9 Å². The number of nitrogens with one attached hydrogen (secondary N) is 1. The summed E-state index contributed by atoms with van der Waals surface area (Å²) >= 11 is 0. The summed E-state index contributed by atoms with van der Waals surface area (Å²) in [6.07, 6.45) is 83.8. The summed E-state index contributed by atoms with van der Waals surface area (Å²) < 4.78 is 5.48. The lowest BCUT2D eigenvalue weighted by Crippen LogP contribution is -2.45. The minimum absolute atomic E-state index is 0.0194. The Morgan fingerprint density at radius 3 is 1.00 bits per heavy atom. The molecule has 2 unspecified atom stereocenters. The molecule has 0 saturated heterocycles. The molecule has 1 amide bonds. The number of aliphatic hydroxyl groups is 2. The van der Waals surface area contributed by atoms with Crippen LogP contribution < -0.4 is 5.32 Å². The molecule has 0 bridgehead atoms. The van der Waals surface area contributed by atoms with E-state index >= 15 is 0 Å². The van der Waals surface area contributed by atoms with Crippen LogP contribution in [0, 0.1) is 0 Å². The van der Waals surface area contributed by atoms with Crippen LogP contribution in [0.2, 0.25) is 0 Å². The molecule has 0 aliphatic heterocycles. The van der Waals surface area contributed by atoms with Crippen LogP contribution in [0.5, 0.6) is 0 Å². The average molecular weight is 1070 g/mol. The first kappa shape index (κ1) is 74.1. The highest BCUT2D eigenvalue weighted by Gasteiger charge is 2.18. The quantitative estimate of drug-likeness (QED) is 0.0320. The number of esters is 1. The third kappa shape index (κ3) is 61.3. The number of aliphatic hydroxyl groups excluding tert-OH is 2. The predicted molar refractivity (Wildman–Crippen MR) is 333 cm³/mol. The number of hydrogen-bond donors (Lipinski definition) is 3. The van der Waals surface area contributed by atoms with Crippen LogP contribution in [0.15, 0.2) is 36.5 Å². The number of ether oxygens (including phenoxy) is 1. The van der Waals surface area contributed by atoms with E-state index in [1.165, 1.54) is 302 Å². The SMILES string of the molecule is CCCCCCCCCC/C=C/C(O)C(CO)NC(=O)CCCCCCCCCCCCCCCCCCC/C=C\C/C=C\CCCCCCCCCCCCCCCOC(=O)CCCCCCCCCCCCCC. The molecule has 6 heteroatoms. The molecule has 0 spiro atoms. The highest BCUT2D eigenvalue weighted by atomic mass is 16.5. The Morgan fingerprint density at radius 2 is 0.658 bits per heavy atom. The van der Waals surface area contributed by atoms with Gasteiger partial charge in [0.05, 0.1) is 25.4 Å². The van der Waals surface area contributed by atoms with Crippen molar-refractivity contribution in [2.45, 2.75) is 386 Å². The van der Waals surface area contributed by atoms with Crippen molar-refractivity contribution in [2.24, 2.45) is 0 Å². The standard InChI is InChI=1S/C70H133NO5/c1-3-5-7-9-11-13-15-44-48-52-56-60-64-70(75)76-65-61-57-53-49-45-42-40-38-36-34-32-30-28-26-24-22-20-18-16-17-19-21-23-25-27-29-31-33-35-37-39-41-43-47-51-55-59-63-69(74)71-67(66-72)68(73)62-58-54-50-46-14-12-10-8-6-4-2/h16,18,22,24,58,62,67-68,72-73H,3-15,17,19-21,23,25-57,59-61,63-66H2,1-2H3,(H,71,74)/b18-16-,24-22-,62-58+. The third-order valence-electron chi connectivity index (χ3n) is 15.9. The fourth-order valence-electron chi connectivity index (χ4n) is 10.7. The van der Waals surface area contributed by atoms with Gasteiger partial charge in [0.15, 0.2) is 0 Å². The molecule has 0 fully saturated rings. The second-order valence-electron chi connectivity index (χ2n) is 23.5. The molecule has 0 aromatic carbocycles. The fourth-order valence-corrected chi connectivity index (χ4v) is 10.7. The molecule has 76 heavy (non-hydrogen) atoms. The Morgan fingerprint density at radius 1 is 0.368 bits per heavy atom. The summed E-state index contributed by atoms with van der Waals surface area (Å²) in [4.78, 5) is 24.4. The van der Waals surface area contributed by atoms with Gasteiger partial charge in [0.25, 0.3) is 0 Å². The highest BCUT2D eigenvalue weighted by molar-refractivity contribution is 5.76. The highest BCUT2D eigenvalue weighted by Crippen LogP contribution is 2.18. The lowest BCUT2D eigenvalue weighted by Gasteiger charge is -2.20. The predicted octanol–water partition coefficient (Wildman–Crippen LogP) is 21.9. The van der Waals surface area contributed by atoms with Gasteiger partial charge in [0.1, 0.15) is 0 Å². The summed E-state index contributed by atoms with van der Waals surface area (Å²) in [6.45, 7) is 4.90. The first-order valence-corrected chi connectivity index (χ1v) is 34.3. The van der Waals surface area contributed by atoms with Gasteiger partial charge < -0.3 is 20.3 Å². The molecule has 0 heterocycles. The van der Waals surface area contributed by atoms with Crippen LogP contribution in [0.4, 0.5) is 0 Å². The normalized spacial score (nSPS) is 12.7. The van der Waals surface area contributed by atoms with E-state index in [-0.39, 0.29) is 18.5 Å². The second-order valence-corrected chi connectivity index (χ2v) is 23.5. The van der Waals surface area contributed by atoms with E-state index < -0.39 is 12.1 Å². The van der Waals surface area contributed by atoms with E-state index in [0.29, 0.717) is 19.4 Å². The first-order chi connectivity index (χ1) is 37.5. The Kier molecular flexibility index (Phi) is 63.9. The van der Waals surface area contributed by atoms with Crippen LogP contribution in [-0.4, -0.2) is 47.4 Å². The molecule has 0 rings (SSSR count). The largest absolute Gasteiger partial charge is 0.466 e. The van der Waals surface area contributed by atoms with Crippen LogP contribution >= 0.6 is 0 Å². The molecule has 0 radical (unpaired) electrons. The van der Waals surface area contributed by atoms with Gasteiger partial charge in [0, 0.05) is 12.8 Å². The van der Waals surface area contributed by atoms with Gasteiger partial charge in [0.2, 0.25) is 5.91 Å². The fraction of sp³-hybridized carbons (Fsp3) is 0.886. The smallest absolute Gasteiger partial charge is 0.305 e. The average Bonchev–Trinajstić information content (AvgIpc) is 3.42. The molecule has 0 aromatic rings. The maximum Gasteiger partial charge on any atom is 0.305 e. The Balaban J connectivity index is 3.35. The summed E-state index contributed by atoms with van der Waals surface area (Å²) in [6, 6.07) is -0.624. The van der Waals surface area contributed by atoms with Gasteiger partial charge in [-0.3, -0.25) is 9.59 Å². The van der Waals surface area contributed by atoms with Crippen molar-refractivity contribution in [3.8, 4) is 0 Å². The Bertz CT molecular complexity index is 1230. The van der Waals surface area contributed by atoms with Gasteiger partial charge in [-0.25, -0.2) is 0 Å². The number of rotatable bonds is 64. The molecule has 0 aliphatic carbocycles. The molecule has 2 atom stereocenters. The number of carbonyl (C=O) groups is 2. The van der Waals surface area contributed by atoms with Crippen molar-refractivity contribution in [1.29, 1.82) is 0 Å². The Hall–Kier alpha value is -1.92. The Labute approximate surface area is 474 Å². The molecule has 0 aliphatic rings. The van der Waals surface area contributed by atoms with Crippen molar-refractivity contribution in [1.82, 2.24) is 5.32 Å². The van der Waals surface area contributed by atoms with Crippen molar-refractivity contribution in [3.63, 3.8) is 0 Å². The van der Waals surface area contributed by atoms with Crippen molar-refractivity contribution >= 4 is 11.9 Å². The zero-order chi connectivity index (χ0) is 55.0. The van der Waals surface area contributed by atoms with E-state index in [2.05, 4.69) is 43.5 Å². The van der Waals surface area contributed by atoms with E-state index in [0.717, 1.165) is 44.9 Å². The second kappa shape index (κ2) is 65.6. The zero-order valence-electron chi connectivity index (χ0n) is 51.3. The van der Waals surface area contributed by atoms with Crippen LogP contribution in [-0.2, 0) is 14.3 Å². The summed E-state index contributed by atoms with van der Waals surface area (Å²) in [5.74, 6) is -0.0467. The van der Waals surface area contributed by atoms with Gasteiger partial charge in [-0.15, -0.1) is 0 Å². The monoisotopic (exact) mass is 1070 g/mol. The van der Waals surface area contributed by atoms with E-state index in [9.17, 15) is 19.8 Å². The maximum atomic E-state index is 12.4. The molecular weight excluding hydrogens is 935 g/mol. The van der Waals surface area contributed by atoms with Gasteiger partial charge in [-0.05, 0) is 64.2 Å². The number of amides is 1. The molecular formula is C70H133NO5. The summed E-state index contributed by atoms with van der Waals surface area (Å²) in [5, 5.41) is 23.0. The van der Waals surface area contributed by atoms with E-state index in [1.807, 2.05) is 6.08 Å². The van der Waals surface area contributed by atoms with E-state index in [4.69, 9.17) is 4.74 Å². The van der Waals surface area contributed by atoms with Gasteiger partial charge in [-0.2, -0.15) is 0 Å². The van der Waals surface area contributed by atoms with Crippen molar-refractivity contribution < 1.29 is 24.5 Å². The van der Waals surface area contributed by atoms with Crippen molar-refractivity contribution in [2.75, 3.05) is 13.2 Å². The van der Waals surface area contributed by atoms with Crippen molar-refractivity contribution in [3.05, 3.63) is 36.5 Å². The van der Waals surface area contributed by atoms with E-state index in [1.54, 1.807) is 6.08 Å². The summed E-state index contributed by atoms with van der Waals surface area (Å²) in [7, 11) is 0. The lowest BCUT2D eigenvalue weighted by atomic mass is 10.0. The molecule has 0 aromatic heterocycles. The maximum absolute atomic E-state index is 12.4. The summed E-state index contributed by atoms with van der Waals surface area (Å²) in [5.41, 5.74) is 0. The number of hydrogen-bond acceptors (Lipinski definition) is 5. The minimum Gasteiger partial charge on any atom is -0.466 e. The van der Waals surface area contributed by atoms with Gasteiger partial charge in [-0.1, -0.05) is 333 Å². The minimum atomic E-state index is -0.840. The number of carbonyl (C=O) groups excluding carboxylic acids is 2. The molecule has 6 nitrogen and oxygen atoms in total. The third-order valence-corrected chi connectivity index (χ3v) is 15.9. The van der Waals surface area contributed by atoms with Crippen LogP contribution in [0.25, 0.3) is 0 Å². The van der Waals surface area contributed by atoms with Crippen LogP contribution in [0.1, 0.15) is 373 Å². The molecule has 3 N–H and O–H groups in total. The number of allylic oxidation sites excluding steroid dienone is 5. The number of unbranched alkanes of at least 4 members (excludes halogenated alkanes) is 49. The van der Waals surface area contributed by atoms with Gasteiger partial charge >= 0.3 is 5.97 Å². The molecule has 448 valence electrons.